The van der Waals surface area contributed by atoms with E-state index in [9.17, 15) is 18.0 Å². The molecule has 0 radical (unpaired) electrons. The van der Waals surface area contributed by atoms with Gasteiger partial charge in [0.1, 0.15) is 5.75 Å². The Bertz CT molecular complexity index is 1350. The molecule has 184 valence electrons. The number of pyridine rings is 1. The molecular weight excluding hydrogens is 470 g/mol. The third kappa shape index (κ3) is 5.13. The first kappa shape index (κ1) is 24.6. The van der Waals surface area contributed by atoms with Crippen LogP contribution in [0.25, 0.3) is 10.9 Å². The van der Waals surface area contributed by atoms with E-state index in [-0.39, 0.29) is 42.5 Å². The van der Waals surface area contributed by atoms with Gasteiger partial charge in [0.05, 0.1) is 28.8 Å². The third-order valence-electron chi connectivity index (χ3n) is 6.00. The SMILES string of the molecule is COc1ccc2cc(C(=O)O[C@@H](C)C(=O)N3CCN(S(=O)(=O)c4ccccc4)CC3)c(C)nc2c1. The Morgan fingerprint density at radius 1 is 1.00 bits per heavy atom. The minimum atomic E-state index is -3.62. The summed E-state index contributed by atoms with van der Waals surface area (Å²) < 4.78 is 37.6. The van der Waals surface area contributed by atoms with E-state index in [0.29, 0.717) is 17.0 Å². The fourth-order valence-electron chi connectivity index (χ4n) is 4.00. The zero-order chi connectivity index (χ0) is 25.2. The molecule has 0 bridgehead atoms. The van der Waals surface area contributed by atoms with Crippen LogP contribution >= 0.6 is 0 Å². The summed E-state index contributed by atoms with van der Waals surface area (Å²) in [6.07, 6.45) is -1.02. The van der Waals surface area contributed by atoms with Gasteiger partial charge in [-0.2, -0.15) is 4.31 Å². The summed E-state index contributed by atoms with van der Waals surface area (Å²) in [5, 5.41) is 0.748. The number of aromatic nitrogens is 1. The number of hydrogen-bond acceptors (Lipinski definition) is 7. The Morgan fingerprint density at radius 3 is 2.34 bits per heavy atom. The van der Waals surface area contributed by atoms with Crippen molar-refractivity contribution in [1.82, 2.24) is 14.2 Å². The predicted molar refractivity (Wildman–Crippen MR) is 130 cm³/mol. The number of carbonyl (C=O) groups is 2. The summed E-state index contributed by atoms with van der Waals surface area (Å²) in [5.41, 5.74) is 1.45. The molecule has 9 nitrogen and oxygen atoms in total. The molecule has 4 rings (SSSR count). The first-order chi connectivity index (χ1) is 16.7. The third-order valence-corrected chi connectivity index (χ3v) is 7.91. The maximum Gasteiger partial charge on any atom is 0.340 e. The normalized spacial score (nSPS) is 15.6. The maximum absolute atomic E-state index is 12.9. The Balaban J connectivity index is 1.39. The lowest BCUT2D eigenvalue weighted by Gasteiger charge is -2.35. The van der Waals surface area contributed by atoms with Gasteiger partial charge in [-0.25, -0.2) is 13.2 Å². The highest BCUT2D eigenvalue weighted by Crippen LogP contribution is 2.23. The first-order valence-corrected chi connectivity index (χ1v) is 12.6. The smallest absolute Gasteiger partial charge is 0.340 e. The predicted octanol–water partition coefficient (Wildman–Crippen LogP) is 2.63. The summed E-state index contributed by atoms with van der Waals surface area (Å²) in [4.78, 5) is 31.9. The van der Waals surface area contributed by atoms with E-state index in [4.69, 9.17) is 9.47 Å². The fraction of sp³-hybridized carbons (Fsp3) is 0.320. The van der Waals surface area contributed by atoms with Crippen LogP contribution in [0.15, 0.2) is 59.5 Å². The molecule has 2 heterocycles. The standard InChI is InChI=1S/C25H27N3O6S/c1-17-22(15-19-9-10-20(33-3)16-23(19)26-17)25(30)34-18(2)24(29)27-11-13-28(14-12-27)35(31,32)21-7-5-4-6-8-21/h4-10,15-16,18H,11-14H2,1-3H3/t18-/m0/s1. The lowest BCUT2D eigenvalue weighted by molar-refractivity contribution is -0.141. The second-order valence-corrected chi connectivity index (χ2v) is 10.2. The second kappa shape index (κ2) is 10.0. The van der Waals surface area contributed by atoms with Crippen LogP contribution in [0.4, 0.5) is 0 Å². The summed E-state index contributed by atoms with van der Waals surface area (Å²) >= 11 is 0. The molecule has 10 heteroatoms. The summed E-state index contributed by atoms with van der Waals surface area (Å²) in [5.74, 6) is -0.347. The number of amides is 1. The van der Waals surface area contributed by atoms with Crippen LogP contribution in [-0.2, 0) is 19.6 Å². The van der Waals surface area contributed by atoms with Crippen molar-refractivity contribution in [2.75, 3.05) is 33.3 Å². The molecule has 1 aromatic heterocycles. The van der Waals surface area contributed by atoms with E-state index in [2.05, 4.69) is 4.98 Å². The largest absolute Gasteiger partial charge is 0.497 e. The molecule has 1 aliphatic heterocycles. The topological polar surface area (TPSA) is 106 Å². The molecule has 35 heavy (non-hydrogen) atoms. The Morgan fingerprint density at radius 2 is 1.69 bits per heavy atom. The number of carbonyl (C=O) groups excluding carboxylic acids is 2. The van der Waals surface area contributed by atoms with Crippen LogP contribution in [0.5, 0.6) is 5.75 Å². The number of esters is 1. The molecule has 1 aliphatic rings. The van der Waals surface area contributed by atoms with Gasteiger partial charge in [0, 0.05) is 37.6 Å². The lowest BCUT2D eigenvalue weighted by Crippen LogP contribution is -2.52. The fourth-order valence-corrected chi connectivity index (χ4v) is 5.44. The number of ether oxygens (including phenoxy) is 2. The van der Waals surface area contributed by atoms with Crippen molar-refractivity contribution in [3.05, 3.63) is 65.9 Å². The van der Waals surface area contributed by atoms with E-state index in [0.717, 1.165) is 5.39 Å². The Hall–Kier alpha value is -3.50. The van der Waals surface area contributed by atoms with Gasteiger partial charge in [0.15, 0.2) is 6.10 Å². The van der Waals surface area contributed by atoms with Crippen molar-refractivity contribution in [1.29, 1.82) is 0 Å². The molecule has 0 unspecified atom stereocenters. The van der Waals surface area contributed by atoms with Gasteiger partial charge in [-0.3, -0.25) is 9.78 Å². The van der Waals surface area contributed by atoms with E-state index in [1.54, 1.807) is 68.6 Å². The number of sulfonamides is 1. The monoisotopic (exact) mass is 497 g/mol. The van der Waals surface area contributed by atoms with Gasteiger partial charge in [-0.1, -0.05) is 18.2 Å². The van der Waals surface area contributed by atoms with Gasteiger partial charge < -0.3 is 14.4 Å². The minimum absolute atomic E-state index is 0.167. The van der Waals surface area contributed by atoms with Gasteiger partial charge in [0.2, 0.25) is 10.0 Å². The van der Waals surface area contributed by atoms with Crippen molar-refractivity contribution >= 4 is 32.8 Å². The average molecular weight is 498 g/mol. The lowest BCUT2D eigenvalue weighted by atomic mass is 10.1. The number of rotatable bonds is 6. The summed E-state index contributed by atoms with van der Waals surface area (Å²) in [6, 6.07) is 15.2. The van der Waals surface area contributed by atoms with Crippen LogP contribution in [0.1, 0.15) is 23.0 Å². The highest BCUT2D eigenvalue weighted by atomic mass is 32.2. The molecule has 1 amide bonds. The highest BCUT2D eigenvalue weighted by molar-refractivity contribution is 7.89. The van der Waals surface area contributed by atoms with Crippen molar-refractivity contribution in [2.45, 2.75) is 24.8 Å². The maximum atomic E-state index is 12.9. The molecule has 3 aromatic rings. The first-order valence-electron chi connectivity index (χ1n) is 11.2. The van der Waals surface area contributed by atoms with Gasteiger partial charge >= 0.3 is 5.97 Å². The van der Waals surface area contributed by atoms with Crippen LogP contribution in [0.3, 0.4) is 0 Å². The quantitative estimate of drug-likeness (QED) is 0.482. The van der Waals surface area contributed by atoms with Crippen LogP contribution in [-0.4, -0.2) is 73.9 Å². The molecule has 0 spiro atoms. The second-order valence-electron chi connectivity index (χ2n) is 8.27. The number of fused-ring (bicyclic) bond motifs is 1. The molecule has 1 fully saturated rings. The number of hydrogen-bond donors (Lipinski definition) is 0. The molecule has 2 aromatic carbocycles. The van der Waals surface area contributed by atoms with Gasteiger partial charge in [-0.15, -0.1) is 0 Å². The zero-order valence-corrected chi connectivity index (χ0v) is 20.6. The molecular formula is C25H27N3O6S. The van der Waals surface area contributed by atoms with Gasteiger partial charge in [-0.05, 0) is 44.2 Å². The van der Waals surface area contributed by atoms with Crippen LogP contribution in [0, 0.1) is 6.92 Å². The van der Waals surface area contributed by atoms with Crippen molar-refractivity contribution in [2.24, 2.45) is 0 Å². The molecule has 0 aliphatic carbocycles. The van der Waals surface area contributed by atoms with Crippen molar-refractivity contribution in [3.8, 4) is 5.75 Å². The number of benzene rings is 2. The summed E-state index contributed by atoms with van der Waals surface area (Å²) in [6.45, 7) is 3.98. The van der Waals surface area contributed by atoms with Crippen LogP contribution < -0.4 is 4.74 Å². The number of aryl methyl sites for hydroxylation is 1. The highest BCUT2D eigenvalue weighted by Gasteiger charge is 2.32. The van der Waals surface area contributed by atoms with Gasteiger partial charge in [0.25, 0.3) is 5.91 Å². The van der Waals surface area contributed by atoms with E-state index >= 15 is 0 Å². The Labute approximate surface area is 204 Å². The molecule has 1 atom stereocenters. The van der Waals surface area contributed by atoms with Crippen molar-refractivity contribution < 1.29 is 27.5 Å². The summed E-state index contributed by atoms with van der Waals surface area (Å²) in [7, 11) is -2.05. The molecule has 0 N–H and O–H groups in total. The Kier molecular flexibility index (Phi) is 7.04. The number of methoxy groups -OCH3 is 1. The number of nitrogens with zero attached hydrogens (tertiary/aromatic N) is 3. The van der Waals surface area contributed by atoms with E-state index in [1.165, 1.54) is 16.1 Å². The molecule has 1 saturated heterocycles. The minimum Gasteiger partial charge on any atom is -0.497 e. The number of piperazine rings is 1. The molecule has 0 saturated carbocycles. The van der Waals surface area contributed by atoms with Crippen molar-refractivity contribution in [3.63, 3.8) is 0 Å². The zero-order valence-electron chi connectivity index (χ0n) is 19.8. The van der Waals surface area contributed by atoms with Crippen LogP contribution in [0.2, 0.25) is 0 Å². The van der Waals surface area contributed by atoms with E-state index in [1.807, 2.05) is 0 Å². The van der Waals surface area contributed by atoms with E-state index < -0.39 is 22.1 Å². The average Bonchev–Trinajstić information content (AvgIpc) is 2.87.